The van der Waals surface area contributed by atoms with Gasteiger partial charge in [0.15, 0.2) is 5.82 Å². The number of nitrogens with one attached hydrogen (secondary N) is 1. The molecule has 1 aliphatic heterocycles. The van der Waals surface area contributed by atoms with Crippen molar-refractivity contribution in [3.63, 3.8) is 0 Å². The molecule has 1 saturated heterocycles. The molecule has 2 fully saturated rings. The Balaban J connectivity index is 1.35. The third-order valence-corrected chi connectivity index (χ3v) is 8.05. The quantitative estimate of drug-likeness (QED) is 0.329. The molecule has 2 aromatic heterocycles. The van der Waals surface area contributed by atoms with Crippen molar-refractivity contribution in [2.45, 2.75) is 64.9 Å². The zero-order valence-corrected chi connectivity index (χ0v) is 27.0. The van der Waals surface area contributed by atoms with E-state index in [0.717, 1.165) is 24.7 Å². The molecule has 44 heavy (non-hydrogen) atoms. The molecule has 5 rings (SSSR count). The normalized spacial score (nSPS) is 16.1. The van der Waals surface area contributed by atoms with Crippen LogP contribution >= 0.6 is 11.6 Å². The Hall–Kier alpha value is -3.68. The summed E-state index contributed by atoms with van der Waals surface area (Å²) in [5, 5.41) is 8.10. The van der Waals surface area contributed by atoms with Crippen LogP contribution in [0.3, 0.4) is 0 Å². The highest BCUT2D eigenvalue weighted by atomic mass is 35.5. The van der Waals surface area contributed by atoms with Gasteiger partial charge in [0, 0.05) is 43.3 Å². The number of carbonyl (C=O) groups is 2. The monoisotopic (exact) mass is 644 g/mol. The molecular formula is C30H37ClN6O6S. The van der Waals surface area contributed by atoms with Gasteiger partial charge in [0.1, 0.15) is 11.1 Å². The number of pyridine rings is 1. The molecule has 3 aromatic rings. The fourth-order valence-electron chi connectivity index (χ4n) is 4.76. The van der Waals surface area contributed by atoms with E-state index in [0.29, 0.717) is 42.4 Å². The highest BCUT2D eigenvalue weighted by Gasteiger charge is 2.35. The second kappa shape index (κ2) is 12.4. The highest BCUT2D eigenvalue weighted by Crippen LogP contribution is 2.34. The van der Waals surface area contributed by atoms with E-state index in [1.165, 1.54) is 16.9 Å². The fourth-order valence-corrected chi connectivity index (χ4v) is 5.39. The van der Waals surface area contributed by atoms with Crippen LogP contribution < -0.4 is 15.1 Å². The summed E-state index contributed by atoms with van der Waals surface area (Å²) in [4.78, 5) is 32.1. The number of rotatable bonds is 8. The number of hydroxylamine groups is 1. The number of nitrogens with zero attached hydrogens (tertiary/aromatic N) is 5. The molecule has 3 heterocycles. The van der Waals surface area contributed by atoms with Crippen LogP contribution in [0, 0.1) is 12.8 Å². The Labute approximate surface area is 262 Å². The highest BCUT2D eigenvalue weighted by molar-refractivity contribution is 7.86. The summed E-state index contributed by atoms with van der Waals surface area (Å²) in [7, 11) is -4.14. The predicted molar refractivity (Wildman–Crippen MR) is 167 cm³/mol. The van der Waals surface area contributed by atoms with Gasteiger partial charge in [0.25, 0.3) is 10.1 Å². The van der Waals surface area contributed by atoms with E-state index in [1.54, 1.807) is 6.07 Å². The summed E-state index contributed by atoms with van der Waals surface area (Å²) in [6.45, 7) is 9.05. The number of urea groups is 1. The van der Waals surface area contributed by atoms with E-state index in [2.05, 4.69) is 15.4 Å². The number of amides is 3. The lowest BCUT2D eigenvalue weighted by atomic mass is 9.92. The summed E-state index contributed by atoms with van der Waals surface area (Å²) in [5.74, 6) is 0.694. The zero-order chi connectivity index (χ0) is 31.8. The Bertz CT molecular complexity index is 1640. The summed E-state index contributed by atoms with van der Waals surface area (Å²) >= 11 is 6.48. The molecule has 0 unspecified atom stereocenters. The third-order valence-electron chi connectivity index (χ3n) is 7.36. The molecule has 1 N–H and O–H groups in total. The first kappa shape index (κ1) is 31.7. The number of anilines is 2. The number of likely N-dealkylation sites (tertiary alicyclic amines) is 1. The molecule has 1 aliphatic carbocycles. The molecule has 1 aromatic carbocycles. The number of halogens is 1. The Morgan fingerprint density at radius 1 is 1.07 bits per heavy atom. The van der Waals surface area contributed by atoms with E-state index in [9.17, 15) is 18.0 Å². The number of carbonyl (C=O) groups excluding carboxylic acids is 2. The van der Waals surface area contributed by atoms with Gasteiger partial charge in [0.05, 0.1) is 29.5 Å². The van der Waals surface area contributed by atoms with Crippen molar-refractivity contribution < 1.29 is 27.0 Å². The molecule has 0 radical (unpaired) electrons. The first-order valence-corrected chi connectivity index (χ1v) is 16.7. The Morgan fingerprint density at radius 3 is 2.30 bits per heavy atom. The van der Waals surface area contributed by atoms with Crippen LogP contribution in [0.5, 0.6) is 5.88 Å². The molecule has 3 amide bonds. The van der Waals surface area contributed by atoms with Crippen LogP contribution in [0.2, 0.25) is 5.02 Å². The predicted octanol–water partition coefficient (Wildman–Crippen LogP) is 5.24. The molecule has 12 nitrogen and oxygen atoms in total. The number of ether oxygens (including phenoxy) is 1. The Morgan fingerprint density at radius 2 is 1.73 bits per heavy atom. The van der Waals surface area contributed by atoms with Gasteiger partial charge < -0.3 is 15.0 Å². The van der Waals surface area contributed by atoms with Gasteiger partial charge >= 0.3 is 6.03 Å². The van der Waals surface area contributed by atoms with Gasteiger partial charge in [-0.15, -0.1) is 9.35 Å². The van der Waals surface area contributed by atoms with E-state index in [1.807, 2.05) is 56.9 Å². The fraction of sp³-hybridized carbons (Fsp3) is 0.467. The van der Waals surface area contributed by atoms with E-state index >= 15 is 0 Å². The van der Waals surface area contributed by atoms with E-state index in [-0.39, 0.29) is 40.3 Å². The molecule has 236 valence electrons. The lowest BCUT2D eigenvalue weighted by Gasteiger charge is -2.32. The van der Waals surface area contributed by atoms with Crippen molar-refractivity contribution in [1.82, 2.24) is 19.7 Å². The number of aryl methyl sites for hydroxylation is 1. The van der Waals surface area contributed by atoms with Crippen molar-refractivity contribution in [3.05, 3.63) is 58.9 Å². The molecule has 14 heteroatoms. The smallest absolute Gasteiger partial charge is 0.353 e. The maximum Gasteiger partial charge on any atom is 0.353 e. The first-order valence-electron chi connectivity index (χ1n) is 14.5. The summed E-state index contributed by atoms with van der Waals surface area (Å²) in [5.41, 5.74) is 2.00. The van der Waals surface area contributed by atoms with Crippen molar-refractivity contribution in [1.29, 1.82) is 0 Å². The molecule has 0 bridgehead atoms. The standard InChI is InChI=1S/C30H37ClN6O6S/c1-19-6-10-22(11-7-19)36-26(17-25(34-36)30(2,3)4)37(43-44(5,40)41)29(39)33-21-16-24(31)27(32-18-21)42-23-12-14-35(15-13-23)28(38)20-8-9-20/h6-7,10-11,16-18,20,23H,8-9,12-15H2,1-5H3,(H,33,39). The summed E-state index contributed by atoms with van der Waals surface area (Å²) < 4.78 is 37.3. The van der Waals surface area contributed by atoms with Gasteiger partial charge in [-0.1, -0.05) is 50.1 Å². The number of hydrogen-bond acceptors (Lipinski definition) is 8. The van der Waals surface area contributed by atoms with Gasteiger partial charge in [-0.25, -0.2) is 14.5 Å². The van der Waals surface area contributed by atoms with Crippen LogP contribution in [0.25, 0.3) is 5.69 Å². The lowest BCUT2D eigenvalue weighted by Crippen LogP contribution is -2.42. The SMILES string of the molecule is Cc1ccc(-n2nc(C(C)(C)C)cc2N(OS(C)(=O)=O)C(=O)Nc2cnc(OC3CCN(C(=O)C4CC4)CC3)c(Cl)c2)cc1. The number of aromatic nitrogens is 3. The number of piperidine rings is 1. The van der Waals surface area contributed by atoms with Crippen LogP contribution in [0.15, 0.2) is 42.6 Å². The lowest BCUT2D eigenvalue weighted by molar-refractivity contribution is -0.134. The number of hydrogen-bond donors (Lipinski definition) is 1. The summed E-state index contributed by atoms with van der Waals surface area (Å²) in [6.07, 6.45) is 5.34. The minimum absolute atomic E-state index is 0.0761. The van der Waals surface area contributed by atoms with Crippen LogP contribution in [0.1, 0.15) is 57.7 Å². The van der Waals surface area contributed by atoms with E-state index < -0.39 is 21.6 Å². The van der Waals surface area contributed by atoms with Crippen molar-refractivity contribution in [2.75, 3.05) is 29.7 Å². The topological polar surface area (TPSA) is 136 Å². The molecule has 2 aliphatic rings. The largest absolute Gasteiger partial charge is 0.473 e. The van der Waals surface area contributed by atoms with Gasteiger partial charge in [0.2, 0.25) is 11.8 Å². The maximum absolute atomic E-state index is 13.6. The van der Waals surface area contributed by atoms with E-state index in [4.69, 9.17) is 20.6 Å². The second-order valence-electron chi connectivity index (χ2n) is 12.3. The Kier molecular flexibility index (Phi) is 8.92. The molecular weight excluding hydrogens is 608 g/mol. The van der Waals surface area contributed by atoms with Crippen LogP contribution in [0.4, 0.5) is 16.3 Å². The second-order valence-corrected chi connectivity index (χ2v) is 14.3. The number of benzene rings is 1. The van der Waals surface area contributed by atoms with Crippen LogP contribution in [-0.4, -0.2) is 65.5 Å². The minimum Gasteiger partial charge on any atom is -0.473 e. The van der Waals surface area contributed by atoms with Gasteiger partial charge in [-0.2, -0.15) is 13.5 Å². The molecule has 1 saturated carbocycles. The summed E-state index contributed by atoms with van der Waals surface area (Å²) in [6, 6.07) is 9.54. The average molecular weight is 645 g/mol. The molecule has 0 spiro atoms. The zero-order valence-electron chi connectivity index (χ0n) is 25.4. The first-order chi connectivity index (χ1) is 20.7. The molecule has 0 atom stereocenters. The third kappa shape index (κ3) is 7.69. The maximum atomic E-state index is 13.6. The van der Waals surface area contributed by atoms with Crippen molar-refractivity contribution in [3.8, 4) is 11.6 Å². The van der Waals surface area contributed by atoms with Crippen LogP contribution in [-0.2, 0) is 24.6 Å². The average Bonchev–Trinajstić information content (AvgIpc) is 3.70. The minimum atomic E-state index is -4.14. The van der Waals surface area contributed by atoms with Gasteiger partial charge in [-0.3, -0.25) is 4.79 Å². The van der Waals surface area contributed by atoms with Crippen molar-refractivity contribution in [2.24, 2.45) is 5.92 Å². The van der Waals surface area contributed by atoms with Gasteiger partial charge in [-0.05, 0) is 38.0 Å². The van der Waals surface area contributed by atoms with Crippen molar-refractivity contribution >= 4 is 45.2 Å².